The first-order valence-electron chi connectivity index (χ1n) is 20.5. The van der Waals surface area contributed by atoms with Gasteiger partial charge in [0.15, 0.2) is 0 Å². The molecule has 0 aliphatic carbocycles. The van der Waals surface area contributed by atoms with E-state index in [0.717, 1.165) is 16.3 Å². The highest BCUT2D eigenvalue weighted by Gasteiger charge is 2.32. The van der Waals surface area contributed by atoms with Crippen molar-refractivity contribution in [3.05, 3.63) is 71.5 Å². The van der Waals surface area contributed by atoms with Gasteiger partial charge in [-0.25, -0.2) is 14.4 Å². The van der Waals surface area contributed by atoms with Crippen molar-refractivity contribution in [1.82, 2.24) is 26.3 Å². The number of nitrogens with zero attached hydrogens (tertiary/aromatic N) is 1. The third-order valence-electron chi connectivity index (χ3n) is 8.77. The average Bonchev–Trinajstić information content (AvgIpc) is 3.16. The predicted octanol–water partition coefficient (Wildman–Crippen LogP) is 5.17. The van der Waals surface area contributed by atoms with Gasteiger partial charge < -0.3 is 45.9 Å². The molecular weight excluding hydrogens is 785 g/mol. The number of hydrogen-bond acceptors (Lipinski definition) is 12. The lowest BCUT2D eigenvalue weighted by Gasteiger charge is -2.27. The zero-order valence-corrected chi connectivity index (χ0v) is 37.2. The molecule has 0 saturated heterocycles. The van der Waals surface area contributed by atoms with Crippen LogP contribution in [0.1, 0.15) is 116 Å². The third kappa shape index (κ3) is 17.4. The molecule has 0 aliphatic rings. The maximum Gasteiger partial charge on any atom is 0.329 e. The van der Waals surface area contributed by atoms with E-state index < -0.39 is 70.7 Å². The Kier molecular flexibility index (Phi) is 18.0. The second kappa shape index (κ2) is 22.2. The van der Waals surface area contributed by atoms with Crippen molar-refractivity contribution in [3.63, 3.8) is 0 Å². The highest BCUT2D eigenvalue weighted by Crippen LogP contribution is 2.30. The van der Waals surface area contributed by atoms with Crippen molar-refractivity contribution in [1.29, 1.82) is 0 Å². The standard InChI is InChI=1S/C45H64N6O10/c1-43(2,3)59-36(52)23-22-34(41(56)61-45(7,8)9)51-42(57)50-33(40(55)60-44(4,5)6)17-13-14-24-47-38(53)35(49-39(54)32-21-18-28(26-46)27-48-32)25-30-20-19-29-15-11-12-16-31(29)37(30)58-10/h11-12,15-16,18-21,27,33-35H,13-14,17,22-26,46H2,1-10H3,(H,47,53)(H,49,54)(H2,50,51,57)/t33-,34-,35+/m0/s1. The Morgan fingerprint density at radius 3 is 1.87 bits per heavy atom. The van der Waals surface area contributed by atoms with Crippen molar-refractivity contribution in [2.75, 3.05) is 13.7 Å². The number of ether oxygens (including phenoxy) is 4. The van der Waals surface area contributed by atoms with E-state index in [2.05, 4.69) is 26.3 Å². The summed E-state index contributed by atoms with van der Waals surface area (Å²) in [6.45, 7) is 15.7. The minimum Gasteiger partial charge on any atom is -0.496 e. The fraction of sp³-hybridized carbons (Fsp3) is 0.533. The highest BCUT2D eigenvalue weighted by molar-refractivity contribution is 5.96. The van der Waals surface area contributed by atoms with Crippen LogP contribution in [0, 0.1) is 0 Å². The molecule has 334 valence electrons. The first-order chi connectivity index (χ1) is 28.5. The van der Waals surface area contributed by atoms with Crippen LogP contribution in [0.25, 0.3) is 10.8 Å². The first kappa shape index (κ1) is 49.6. The Morgan fingerprint density at radius 1 is 0.705 bits per heavy atom. The Bertz CT molecular complexity index is 1980. The molecule has 0 saturated carbocycles. The van der Waals surface area contributed by atoms with Crippen molar-refractivity contribution in [2.45, 2.75) is 142 Å². The van der Waals surface area contributed by atoms with Crippen LogP contribution in [0.2, 0.25) is 0 Å². The number of hydrogen-bond donors (Lipinski definition) is 5. The lowest BCUT2D eigenvalue weighted by Crippen LogP contribution is -2.53. The van der Waals surface area contributed by atoms with Crippen molar-refractivity contribution in [2.24, 2.45) is 5.73 Å². The Labute approximate surface area is 358 Å². The maximum atomic E-state index is 13.8. The van der Waals surface area contributed by atoms with Gasteiger partial charge in [0.2, 0.25) is 5.91 Å². The number of fused-ring (bicyclic) bond motifs is 1. The van der Waals surface area contributed by atoms with Gasteiger partial charge in [0.25, 0.3) is 5.91 Å². The van der Waals surface area contributed by atoms with Gasteiger partial charge in [0.1, 0.15) is 46.4 Å². The SMILES string of the molecule is COc1c(C[C@@H](NC(=O)c2ccc(CN)cn2)C(=O)NCCCC[C@H](NC(=O)N[C@@H](CCC(=O)OC(C)(C)C)C(=O)OC(C)(C)C)C(=O)OC(C)(C)C)ccc2ccccc12. The van der Waals surface area contributed by atoms with Crippen LogP contribution in [0.3, 0.4) is 0 Å². The summed E-state index contributed by atoms with van der Waals surface area (Å²) in [6.07, 6.45) is 2.17. The molecule has 6 N–H and O–H groups in total. The van der Waals surface area contributed by atoms with Gasteiger partial charge in [0, 0.05) is 37.5 Å². The molecule has 16 heteroatoms. The molecule has 3 aromatic rings. The molecule has 3 atom stereocenters. The van der Waals surface area contributed by atoms with E-state index >= 15 is 0 Å². The van der Waals surface area contributed by atoms with Crippen LogP contribution in [0.15, 0.2) is 54.7 Å². The summed E-state index contributed by atoms with van der Waals surface area (Å²) in [5.41, 5.74) is 4.77. The van der Waals surface area contributed by atoms with Gasteiger partial charge in [-0.1, -0.05) is 42.5 Å². The minimum absolute atomic E-state index is 0.105. The molecule has 0 spiro atoms. The molecule has 0 bridgehead atoms. The van der Waals surface area contributed by atoms with Crippen LogP contribution < -0.4 is 31.7 Å². The Hall–Kier alpha value is -5.77. The molecule has 0 fully saturated rings. The van der Waals surface area contributed by atoms with Crippen molar-refractivity contribution < 1.29 is 47.7 Å². The number of pyridine rings is 1. The average molecular weight is 849 g/mol. The Morgan fingerprint density at radius 2 is 1.31 bits per heavy atom. The fourth-order valence-electron chi connectivity index (χ4n) is 6.10. The monoisotopic (exact) mass is 848 g/mol. The number of rotatable bonds is 19. The zero-order valence-electron chi connectivity index (χ0n) is 37.2. The van der Waals surface area contributed by atoms with Crippen LogP contribution in [0.5, 0.6) is 5.75 Å². The van der Waals surface area contributed by atoms with Gasteiger partial charge in [0.05, 0.1) is 7.11 Å². The number of unbranched alkanes of at least 4 members (excludes halogenated alkanes) is 1. The number of carbonyl (C=O) groups excluding carboxylic acids is 6. The molecule has 1 heterocycles. The lowest BCUT2D eigenvalue weighted by atomic mass is 9.99. The quantitative estimate of drug-likeness (QED) is 0.0599. The second-order valence-corrected chi connectivity index (χ2v) is 17.7. The van der Waals surface area contributed by atoms with Crippen molar-refractivity contribution >= 4 is 46.5 Å². The van der Waals surface area contributed by atoms with Crippen LogP contribution >= 0.6 is 0 Å². The number of carbonyl (C=O) groups is 6. The molecule has 16 nitrogen and oxygen atoms in total. The summed E-state index contributed by atoms with van der Waals surface area (Å²) in [4.78, 5) is 83.6. The van der Waals surface area contributed by atoms with Gasteiger partial charge in [-0.3, -0.25) is 19.4 Å². The summed E-state index contributed by atoms with van der Waals surface area (Å²) in [6, 6.07) is 10.5. The first-order valence-corrected chi connectivity index (χ1v) is 20.5. The molecule has 1 aromatic heterocycles. The number of esters is 3. The number of benzene rings is 2. The summed E-state index contributed by atoms with van der Waals surface area (Å²) < 4.78 is 22.2. The number of nitrogens with two attached hydrogens (primary N) is 1. The summed E-state index contributed by atoms with van der Waals surface area (Å²) in [5, 5.41) is 12.7. The van der Waals surface area contributed by atoms with Crippen LogP contribution in [0.4, 0.5) is 4.79 Å². The number of aromatic nitrogens is 1. The van der Waals surface area contributed by atoms with Crippen LogP contribution in [-0.2, 0) is 46.4 Å². The normalized spacial score (nSPS) is 13.2. The molecular formula is C45H64N6O10. The van der Waals surface area contributed by atoms with E-state index in [0.29, 0.717) is 24.2 Å². The molecule has 0 aliphatic heterocycles. The fourth-order valence-corrected chi connectivity index (χ4v) is 6.10. The minimum atomic E-state index is -1.23. The zero-order chi connectivity index (χ0) is 45.5. The summed E-state index contributed by atoms with van der Waals surface area (Å²) in [5.74, 6) is -2.44. The molecule has 0 radical (unpaired) electrons. The predicted molar refractivity (Wildman–Crippen MR) is 230 cm³/mol. The van der Waals surface area contributed by atoms with Gasteiger partial charge >= 0.3 is 23.9 Å². The van der Waals surface area contributed by atoms with E-state index in [1.165, 1.54) is 6.20 Å². The summed E-state index contributed by atoms with van der Waals surface area (Å²) >= 11 is 0. The van der Waals surface area contributed by atoms with E-state index in [1.54, 1.807) is 81.6 Å². The van der Waals surface area contributed by atoms with E-state index in [-0.39, 0.29) is 44.5 Å². The highest BCUT2D eigenvalue weighted by atomic mass is 16.6. The molecule has 2 aromatic carbocycles. The largest absolute Gasteiger partial charge is 0.496 e. The molecule has 61 heavy (non-hydrogen) atoms. The van der Waals surface area contributed by atoms with Crippen LogP contribution in [-0.4, -0.2) is 89.3 Å². The van der Waals surface area contributed by atoms with Gasteiger partial charge in [-0.15, -0.1) is 0 Å². The molecule has 4 amide bonds. The topological polar surface area (TPSA) is 226 Å². The van der Waals surface area contributed by atoms with Gasteiger partial charge in [-0.05, 0) is 111 Å². The molecule has 0 unspecified atom stereocenters. The van der Waals surface area contributed by atoms with E-state index in [9.17, 15) is 28.8 Å². The number of urea groups is 1. The van der Waals surface area contributed by atoms with Crippen molar-refractivity contribution in [3.8, 4) is 5.75 Å². The van der Waals surface area contributed by atoms with E-state index in [1.807, 2.05) is 36.4 Å². The molecule has 3 rings (SSSR count). The number of methoxy groups -OCH3 is 1. The maximum absolute atomic E-state index is 13.8. The summed E-state index contributed by atoms with van der Waals surface area (Å²) in [7, 11) is 1.55. The lowest BCUT2D eigenvalue weighted by molar-refractivity contribution is -0.159. The number of amides is 4. The Balaban J connectivity index is 1.72. The second-order valence-electron chi connectivity index (χ2n) is 17.7. The van der Waals surface area contributed by atoms with Gasteiger partial charge in [-0.2, -0.15) is 0 Å². The number of nitrogens with one attached hydrogen (secondary N) is 4. The third-order valence-corrected chi connectivity index (χ3v) is 8.77. The van der Waals surface area contributed by atoms with E-state index in [4.69, 9.17) is 24.7 Å². The smallest absolute Gasteiger partial charge is 0.329 e.